The van der Waals surface area contributed by atoms with Crippen LogP contribution in [0.5, 0.6) is 0 Å². The van der Waals surface area contributed by atoms with Crippen molar-refractivity contribution in [2.24, 2.45) is 4.99 Å². The summed E-state index contributed by atoms with van der Waals surface area (Å²) < 4.78 is 5.77. The van der Waals surface area contributed by atoms with Gasteiger partial charge in [-0.2, -0.15) is 11.8 Å². The molecule has 0 atom stereocenters. The third kappa shape index (κ3) is 6.80. The Morgan fingerprint density at radius 2 is 2.09 bits per heavy atom. The SMILES string of the molecule is CCNC(=NCc1ccc(C)s1)NCC1(SC)CCOCC1.I. The van der Waals surface area contributed by atoms with E-state index >= 15 is 0 Å². The van der Waals surface area contributed by atoms with Crippen LogP contribution in [0, 0.1) is 6.92 Å². The van der Waals surface area contributed by atoms with Crippen molar-refractivity contribution in [1.82, 2.24) is 10.6 Å². The lowest BCUT2D eigenvalue weighted by atomic mass is 9.99. The molecule has 2 N–H and O–H groups in total. The Balaban J connectivity index is 0.00000264. The van der Waals surface area contributed by atoms with Crippen LogP contribution in [0.2, 0.25) is 0 Å². The van der Waals surface area contributed by atoms with Crippen LogP contribution in [0.4, 0.5) is 0 Å². The van der Waals surface area contributed by atoms with E-state index in [1.54, 1.807) is 0 Å². The molecule has 1 aliphatic rings. The first kappa shape index (κ1) is 21.1. The van der Waals surface area contributed by atoms with Gasteiger partial charge in [0.05, 0.1) is 6.54 Å². The van der Waals surface area contributed by atoms with Crippen LogP contribution >= 0.6 is 47.1 Å². The summed E-state index contributed by atoms with van der Waals surface area (Å²) in [5.74, 6) is 0.911. The molecule has 0 bridgehead atoms. The van der Waals surface area contributed by atoms with Crippen LogP contribution in [-0.4, -0.2) is 43.3 Å². The van der Waals surface area contributed by atoms with Gasteiger partial charge in [0.25, 0.3) is 0 Å². The number of rotatable bonds is 6. The second-order valence-corrected chi connectivity index (χ2v) is 8.21. The number of nitrogens with zero attached hydrogens (tertiary/aromatic N) is 1. The fourth-order valence-electron chi connectivity index (χ4n) is 2.51. The molecule has 1 aliphatic heterocycles. The molecule has 23 heavy (non-hydrogen) atoms. The van der Waals surface area contributed by atoms with Crippen molar-refractivity contribution >= 4 is 53.0 Å². The van der Waals surface area contributed by atoms with Gasteiger partial charge in [-0.25, -0.2) is 4.99 Å². The summed E-state index contributed by atoms with van der Waals surface area (Å²) in [7, 11) is 0. The number of thiophene rings is 1. The monoisotopic (exact) mass is 469 g/mol. The Morgan fingerprint density at radius 1 is 1.35 bits per heavy atom. The Kier molecular flexibility index (Phi) is 9.87. The second-order valence-electron chi connectivity index (χ2n) is 5.56. The van der Waals surface area contributed by atoms with E-state index in [-0.39, 0.29) is 28.7 Å². The summed E-state index contributed by atoms with van der Waals surface area (Å²) in [6.07, 6.45) is 4.40. The molecule has 0 unspecified atom stereocenters. The van der Waals surface area contributed by atoms with Gasteiger partial charge >= 0.3 is 0 Å². The highest BCUT2D eigenvalue weighted by atomic mass is 127. The van der Waals surface area contributed by atoms with E-state index in [9.17, 15) is 0 Å². The zero-order valence-electron chi connectivity index (χ0n) is 14.2. The number of ether oxygens (including phenoxy) is 1. The highest BCUT2D eigenvalue weighted by Crippen LogP contribution is 2.32. The van der Waals surface area contributed by atoms with E-state index in [0.29, 0.717) is 0 Å². The number of halogens is 1. The number of thioether (sulfide) groups is 1. The lowest BCUT2D eigenvalue weighted by Crippen LogP contribution is -2.47. The minimum absolute atomic E-state index is 0. The Bertz CT molecular complexity index is 487. The van der Waals surface area contributed by atoms with E-state index in [1.165, 1.54) is 9.75 Å². The van der Waals surface area contributed by atoms with Crippen molar-refractivity contribution in [2.75, 3.05) is 32.6 Å². The lowest BCUT2D eigenvalue weighted by Gasteiger charge is -2.36. The van der Waals surface area contributed by atoms with Crippen LogP contribution in [0.3, 0.4) is 0 Å². The van der Waals surface area contributed by atoms with Gasteiger partial charge in [0.2, 0.25) is 0 Å². The molecule has 2 rings (SSSR count). The van der Waals surface area contributed by atoms with Crippen molar-refractivity contribution in [3.63, 3.8) is 0 Å². The molecule has 0 amide bonds. The highest BCUT2D eigenvalue weighted by Gasteiger charge is 2.31. The van der Waals surface area contributed by atoms with Gasteiger partial charge < -0.3 is 15.4 Å². The van der Waals surface area contributed by atoms with Gasteiger partial charge in [0.15, 0.2) is 5.96 Å². The molecule has 7 heteroatoms. The molecule has 0 radical (unpaired) electrons. The summed E-state index contributed by atoms with van der Waals surface area (Å²) >= 11 is 3.76. The van der Waals surface area contributed by atoms with E-state index in [0.717, 1.165) is 51.6 Å². The number of aryl methyl sites for hydroxylation is 1. The molecule has 2 heterocycles. The van der Waals surface area contributed by atoms with Crippen LogP contribution < -0.4 is 10.6 Å². The number of aliphatic imine (C=N–C) groups is 1. The molecule has 1 aromatic heterocycles. The first-order valence-electron chi connectivity index (χ1n) is 7.88. The first-order valence-corrected chi connectivity index (χ1v) is 9.92. The van der Waals surface area contributed by atoms with Gasteiger partial charge in [-0.15, -0.1) is 35.3 Å². The normalized spacial score (nSPS) is 17.4. The van der Waals surface area contributed by atoms with Crippen molar-refractivity contribution in [2.45, 2.75) is 38.0 Å². The van der Waals surface area contributed by atoms with E-state index in [2.05, 4.69) is 42.9 Å². The summed E-state index contributed by atoms with van der Waals surface area (Å²) in [4.78, 5) is 7.36. The third-order valence-corrected chi connectivity index (χ3v) is 6.35. The average Bonchev–Trinajstić information content (AvgIpc) is 2.96. The van der Waals surface area contributed by atoms with Crippen molar-refractivity contribution in [3.05, 3.63) is 21.9 Å². The predicted molar refractivity (Wildman–Crippen MR) is 114 cm³/mol. The molecular formula is C16H28IN3OS2. The smallest absolute Gasteiger partial charge is 0.191 e. The Hall–Kier alpha value is 0.01000. The summed E-state index contributed by atoms with van der Waals surface area (Å²) in [5, 5.41) is 6.87. The van der Waals surface area contributed by atoms with Gasteiger partial charge in [-0.3, -0.25) is 0 Å². The maximum Gasteiger partial charge on any atom is 0.191 e. The molecule has 1 fully saturated rings. The van der Waals surface area contributed by atoms with Gasteiger partial charge in [-0.1, -0.05) is 0 Å². The highest BCUT2D eigenvalue weighted by molar-refractivity contribution is 14.0. The number of hydrogen-bond donors (Lipinski definition) is 2. The van der Waals surface area contributed by atoms with Crippen molar-refractivity contribution in [1.29, 1.82) is 0 Å². The first-order chi connectivity index (χ1) is 10.7. The fourth-order valence-corrected chi connectivity index (χ4v) is 4.12. The van der Waals surface area contributed by atoms with Gasteiger partial charge in [0.1, 0.15) is 0 Å². The minimum Gasteiger partial charge on any atom is -0.381 e. The second kappa shape index (κ2) is 10.8. The number of nitrogens with one attached hydrogen (secondary N) is 2. The average molecular weight is 469 g/mol. The largest absolute Gasteiger partial charge is 0.381 e. The van der Waals surface area contributed by atoms with Crippen molar-refractivity contribution < 1.29 is 4.74 Å². The van der Waals surface area contributed by atoms with Gasteiger partial charge in [0, 0.05) is 40.8 Å². The summed E-state index contributed by atoms with van der Waals surface area (Å²) in [5.41, 5.74) is 0. The molecular weight excluding hydrogens is 441 g/mol. The molecule has 132 valence electrons. The summed E-state index contributed by atoms with van der Waals surface area (Å²) in [6.45, 7) is 8.52. The number of guanidine groups is 1. The van der Waals surface area contributed by atoms with Crippen molar-refractivity contribution in [3.8, 4) is 0 Å². The maximum atomic E-state index is 5.50. The third-order valence-electron chi connectivity index (χ3n) is 3.95. The molecule has 0 saturated carbocycles. The van der Waals surface area contributed by atoms with Crippen LogP contribution in [0.25, 0.3) is 0 Å². The van der Waals surface area contributed by atoms with Crippen LogP contribution in [0.1, 0.15) is 29.5 Å². The van der Waals surface area contributed by atoms with E-state index in [1.807, 2.05) is 23.1 Å². The summed E-state index contributed by atoms with van der Waals surface area (Å²) in [6, 6.07) is 4.32. The zero-order valence-corrected chi connectivity index (χ0v) is 18.1. The minimum atomic E-state index is 0. The Labute approximate surface area is 165 Å². The quantitative estimate of drug-likeness (QED) is 0.380. The molecule has 0 aliphatic carbocycles. The van der Waals surface area contributed by atoms with Crippen LogP contribution in [-0.2, 0) is 11.3 Å². The predicted octanol–water partition coefficient (Wildman–Crippen LogP) is 3.64. The van der Waals surface area contributed by atoms with E-state index < -0.39 is 0 Å². The van der Waals surface area contributed by atoms with E-state index in [4.69, 9.17) is 9.73 Å². The molecule has 4 nitrogen and oxygen atoms in total. The Morgan fingerprint density at radius 3 is 2.65 bits per heavy atom. The molecule has 0 aromatic carbocycles. The molecule has 1 aromatic rings. The molecule has 1 saturated heterocycles. The zero-order chi connectivity index (χ0) is 15.8. The lowest BCUT2D eigenvalue weighted by molar-refractivity contribution is 0.0783. The number of hydrogen-bond acceptors (Lipinski definition) is 4. The van der Waals surface area contributed by atoms with Gasteiger partial charge in [-0.05, 0) is 45.1 Å². The van der Waals surface area contributed by atoms with Crippen LogP contribution in [0.15, 0.2) is 17.1 Å². The topological polar surface area (TPSA) is 45.7 Å². The molecule has 0 spiro atoms. The fraction of sp³-hybridized carbons (Fsp3) is 0.688. The maximum absolute atomic E-state index is 5.50. The standard InChI is InChI=1S/C16H27N3OS2.HI/c1-4-17-15(18-11-14-6-5-13(2)22-14)19-12-16(21-3)7-9-20-10-8-16;/h5-6H,4,7-12H2,1-3H3,(H2,17,18,19);1H.